The van der Waals surface area contributed by atoms with Crippen LogP contribution in [-0.4, -0.2) is 25.5 Å². The zero-order chi connectivity index (χ0) is 13.9. The van der Waals surface area contributed by atoms with Crippen LogP contribution >= 0.6 is 11.6 Å². The second-order valence-corrected chi connectivity index (χ2v) is 6.09. The minimum Gasteiger partial charge on any atom is -0.351 e. The summed E-state index contributed by atoms with van der Waals surface area (Å²) < 4.78 is 0. The van der Waals surface area contributed by atoms with Crippen molar-refractivity contribution in [1.82, 2.24) is 10.6 Å². The number of piperidine rings is 1. The van der Waals surface area contributed by atoms with E-state index in [0.29, 0.717) is 17.1 Å². The molecule has 1 amide bonds. The molecule has 1 aromatic rings. The Morgan fingerprint density at radius 1 is 1.53 bits per heavy atom. The largest absolute Gasteiger partial charge is 0.351 e. The van der Waals surface area contributed by atoms with E-state index in [1.165, 1.54) is 0 Å². The fourth-order valence-corrected chi connectivity index (χ4v) is 2.69. The molecule has 1 aliphatic heterocycles. The number of carbonyl (C=O) groups excluding carboxylic acids is 1. The Hall–Kier alpha value is -1.06. The van der Waals surface area contributed by atoms with Crippen molar-refractivity contribution >= 4 is 17.5 Å². The van der Waals surface area contributed by atoms with Gasteiger partial charge in [0, 0.05) is 13.1 Å². The number of halogens is 1. The lowest BCUT2D eigenvalue weighted by atomic mass is 9.83. The molecule has 1 unspecified atom stereocenters. The number of carbonyl (C=O) groups is 1. The number of aryl methyl sites for hydroxylation is 1. The predicted octanol–water partition coefficient (Wildman–Crippen LogP) is 2.77. The van der Waals surface area contributed by atoms with Gasteiger partial charge in [0.2, 0.25) is 0 Å². The van der Waals surface area contributed by atoms with Gasteiger partial charge in [-0.3, -0.25) is 4.79 Å². The standard InChI is InChI=1S/C15H21ClN2O/c1-11-5-3-6-12(13(11)16)14(19)18-10-15(2)7-4-8-17-9-15/h3,5-6,17H,4,7-10H2,1-2H3,(H,18,19). The van der Waals surface area contributed by atoms with Crippen LogP contribution in [0.2, 0.25) is 5.02 Å². The molecule has 104 valence electrons. The van der Waals surface area contributed by atoms with Gasteiger partial charge in [0.15, 0.2) is 0 Å². The Morgan fingerprint density at radius 3 is 3.00 bits per heavy atom. The van der Waals surface area contributed by atoms with Crippen molar-refractivity contribution in [3.63, 3.8) is 0 Å². The number of amides is 1. The Balaban J connectivity index is 1.99. The summed E-state index contributed by atoms with van der Waals surface area (Å²) in [6.07, 6.45) is 2.30. The smallest absolute Gasteiger partial charge is 0.252 e. The van der Waals surface area contributed by atoms with E-state index in [-0.39, 0.29) is 11.3 Å². The van der Waals surface area contributed by atoms with Gasteiger partial charge >= 0.3 is 0 Å². The van der Waals surface area contributed by atoms with Crippen LogP contribution in [0.5, 0.6) is 0 Å². The van der Waals surface area contributed by atoms with E-state index in [4.69, 9.17) is 11.6 Å². The molecule has 2 N–H and O–H groups in total. The molecule has 1 heterocycles. The van der Waals surface area contributed by atoms with Gasteiger partial charge in [0.1, 0.15) is 0 Å². The maximum Gasteiger partial charge on any atom is 0.252 e. The first-order chi connectivity index (χ1) is 9.02. The first-order valence-corrected chi connectivity index (χ1v) is 7.14. The topological polar surface area (TPSA) is 41.1 Å². The molecular weight excluding hydrogens is 260 g/mol. The van der Waals surface area contributed by atoms with Gasteiger partial charge in [0.05, 0.1) is 10.6 Å². The van der Waals surface area contributed by atoms with E-state index in [1.807, 2.05) is 19.1 Å². The van der Waals surface area contributed by atoms with Crippen LogP contribution in [0.3, 0.4) is 0 Å². The minimum atomic E-state index is -0.0829. The summed E-state index contributed by atoms with van der Waals surface area (Å²) in [7, 11) is 0. The number of benzene rings is 1. The third kappa shape index (κ3) is 3.48. The SMILES string of the molecule is Cc1cccc(C(=O)NCC2(C)CCCNC2)c1Cl. The maximum atomic E-state index is 12.2. The molecular formula is C15H21ClN2O. The van der Waals surface area contributed by atoms with Gasteiger partial charge in [0.25, 0.3) is 5.91 Å². The number of rotatable bonds is 3. The van der Waals surface area contributed by atoms with E-state index >= 15 is 0 Å². The number of nitrogens with one attached hydrogen (secondary N) is 2. The fourth-order valence-electron chi connectivity index (χ4n) is 2.48. The van der Waals surface area contributed by atoms with Gasteiger partial charge in [-0.1, -0.05) is 30.7 Å². The summed E-state index contributed by atoms with van der Waals surface area (Å²) in [5.41, 5.74) is 1.64. The molecule has 1 aromatic carbocycles. The first kappa shape index (κ1) is 14.4. The Labute approximate surface area is 119 Å². The monoisotopic (exact) mass is 280 g/mol. The Morgan fingerprint density at radius 2 is 2.32 bits per heavy atom. The van der Waals surface area contributed by atoms with Crippen LogP contribution in [0.4, 0.5) is 0 Å². The summed E-state index contributed by atoms with van der Waals surface area (Å²) in [5, 5.41) is 6.94. The van der Waals surface area contributed by atoms with Gasteiger partial charge in [-0.25, -0.2) is 0 Å². The van der Waals surface area contributed by atoms with Crippen molar-refractivity contribution in [1.29, 1.82) is 0 Å². The summed E-state index contributed by atoms with van der Waals surface area (Å²) in [6.45, 7) is 6.83. The molecule has 2 rings (SSSR count). The summed E-state index contributed by atoms with van der Waals surface area (Å²) >= 11 is 6.17. The van der Waals surface area contributed by atoms with Crippen LogP contribution in [0.15, 0.2) is 18.2 Å². The molecule has 0 saturated carbocycles. The fraction of sp³-hybridized carbons (Fsp3) is 0.533. The normalized spacial score (nSPS) is 23.1. The molecule has 1 fully saturated rings. The third-order valence-electron chi connectivity index (χ3n) is 3.80. The van der Waals surface area contributed by atoms with E-state index in [2.05, 4.69) is 17.6 Å². The summed E-state index contributed by atoms with van der Waals surface area (Å²) in [5.74, 6) is -0.0829. The molecule has 3 nitrogen and oxygen atoms in total. The lowest BCUT2D eigenvalue weighted by Gasteiger charge is -2.34. The highest BCUT2D eigenvalue weighted by atomic mass is 35.5. The van der Waals surface area contributed by atoms with Crippen LogP contribution < -0.4 is 10.6 Å². The molecule has 0 bridgehead atoms. The summed E-state index contributed by atoms with van der Waals surface area (Å²) in [4.78, 5) is 12.2. The average molecular weight is 281 g/mol. The van der Waals surface area contributed by atoms with Crippen molar-refractivity contribution in [2.45, 2.75) is 26.7 Å². The molecule has 1 atom stereocenters. The van der Waals surface area contributed by atoms with Crippen LogP contribution in [-0.2, 0) is 0 Å². The number of hydrogen-bond acceptors (Lipinski definition) is 2. The van der Waals surface area contributed by atoms with Crippen molar-refractivity contribution in [3.05, 3.63) is 34.3 Å². The van der Waals surface area contributed by atoms with E-state index < -0.39 is 0 Å². The molecule has 1 aliphatic rings. The Bertz CT molecular complexity index is 467. The highest BCUT2D eigenvalue weighted by Gasteiger charge is 2.27. The van der Waals surface area contributed by atoms with E-state index in [9.17, 15) is 4.79 Å². The van der Waals surface area contributed by atoms with Crippen molar-refractivity contribution in [3.8, 4) is 0 Å². The van der Waals surface area contributed by atoms with Crippen LogP contribution in [0.25, 0.3) is 0 Å². The van der Waals surface area contributed by atoms with Gasteiger partial charge in [-0.05, 0) is 43.4 Å². The highest BCUT2D eigenvalue weighted by Crippen LogP contribution is 2.25. The predicted molar refractivity (Wildman–Crippen MR) is 78.7 cm³/mol. The van der Waals surface area contributed by atoms with Gasteiger partial charge < -0.3 is 10.6 Å². The lowest BCUT2D eigenvalue weighted by Crippen LogP contribution is -2.45. The van der Waals surface area contributed by atoms with Gasteiger partial charge in [-0.2, -0.15) is 0 Å². The second kappa shape index (κ2) is 5.93. The molecule has 0 aliphatic carbocycles. The summed E-state index contributed by atoms with van der Waals surface area (Å²) in [6, 6.07) is 5.54. The first-order valence-electron chi connectivity index (χ1n) is 6.76. The molecule has 0 spiro atoms. The molecule has 19 heavy (non-hydrogen) atoms. The zero-order valence-corrected chi connectivity index (χ0v) is 12.3. The van der Waals surface area contributed by atoms with E-state index in [1.54, 1.807) is 6.07 Å². The third-order valence-corrected chi connectivity index (χ3v) is 4.30. The molecule has 1 saturated heterocycles. The average Bonchev–Trinajstić information content (AvgIpc) is 2.40. The quantitative estimate of drug-likeness (QED) is 0.894. The van der Waals surface area contributed by atoms with Crippen LogP contribution in [0.1, 0.15) is 35.7 Å². The molecule has 4 heteroatoms. The zero-order valence-electron chi connectivity index (χ0n) is 11.6. The Kier molecular flexibility index (Phi) is 4.48. The van der Waals surface area contributed by atoms with Gasteiger partial charge in [-0.15, -0.1) is 0 Å². The highest BCUT2D eigenvalue weighted by molar-refractivity contribution is 6.34. The maximum absolute atomic E-state index is 12.2. The van der Waals surface area contributed by atoms with Crippen LogP contribution in [0, 0.1) is 12.3 Å². The minimum absolute atomic E-state index is 0.0829. The van der Waals surface area contributed by atoms with E-state index in [0.717, 1.165) is 31.5 Å². The lowest BCUT2D eigenvalue weighted by molar-refractivity contribution is 0.0925. The number of hydrogen-bond donors (Lipinski definition) is 2. The molecule has 0 radical (unpaired) electrons. The molecule has 0 aromatic heterocycles. The van der Waals surface area contributed by atoms with Crippen molar-refractivity contribution in [2.75, 3.05) is 19.6 Å². The van der Waals surface area contributed by atoms with Crippen molar-refractivity contribution < 1.29 is 4.79 Å². The second-order valence-electron chi connectivity index (χ2n) is 5.71. The van der Waals surface area contributed by atoms with Crippen molar-refractivity contribution in [2.24, 2.45) is 5.41 Å².